The molecule has 0 spiro atoms. The number of anilines is 1. The van der Waals surface area contributed by atoms with Gasteiger partial charge in [0.1, 0.15) is 11.4 Å². The molecule has 1 saturated carbocycles. The molecule has 1 N–H and O–H groups in total. The van der Waals surface area contributed by atoms with Crippen LogP contribution in [0.25, 0.3) is 0 Å². The van der Waals surface area contributed by atoms with Crippen molar-refractivity contribution < 1.29 is 23.6 Å². The van der Waals surface area contributed by atoms with Crippen molar-refractivity contribution in [3.05, 3.63) is 18.2 Å². The minimum Gasteiger partial charge on any atom is -0.495 e. The molecule has 0 bridgehead atoms. The first kappa shape index (κ1) is 19.0. The predicted molar refractivity (Wildman–Crippen MR) is 101 cm³/mol. The summed E-state index contributed by atoms with van der Waals surface area (Å²) in [4.78, 5) is 12.2. The van der Waals surface area contributed by atoms with Crippen molar-refractivity contribution in [3.63, 3.8) is 0 Å². The normalized spacial score (nSPS) is 22.5. The van der Waals surface area contributed by atoms with Gasteiger partial charge in [0, 0.05) is 0 Å². The van der Waals surface area contributed by atoms with Gasteiger partial charge in [0.25, 0.3) is 0 Å². The highest BCUT2D eigenvalue weighted by Gasteiger charge is 2.51. The van der Waals surface area contributed by atoms with Crippen molar-refractivity contribution in [1.29, 1.82) is 0 Å². The van der Waals surface area contributed by atoms with Crippen molar-refractivity contribution in [2.24, 2.45) is 0 Å². The lowest BCUT2D eigenvalue weighted by Crippen LogP contribution is -2.41. The molecule has 0 atom stereocenters. The molecule has 142 valence electrons. The molecule has 0 aromatic heterocycles. The van der Waals surface area contributed by atoms with Gasteiger partial charge in [-0.2, -0.15) is 0 Å². The molecule has 1 aromatic rings. The Labute approximate surface area is 155 Å². The molecule has 26 heavy (non-hydrogen) atoms. The summed E-state index contributed by atoms with van der Waals surface area (Å²) in [5.74, 6) is 0.535. The smallest absolute Gasteiger partial charge is 0.494 e. The molecule has 1 amide bonds. The summed E-state index contributed by atoms with van der Waals surface area (Å²) in [5.41, 5.74) is 0.222. The zero-order valence-electron chi connectivity index (χ0n) is 16.5. The Bertz CT molecular complexity index is 683. The number of nitrogens with one attached hydrogen (secondary N) is 1. The van der Waals surface area contributed by atoms with Crippen LogP contribution in [0.5, 0.6) is 5.75 Å². The summed E-state index contributed by atoms with van der Waals surface area (Å²) in [7, 11) is 1.08. The van der Waals surface area contributed by atoms with Crippen LogP contribution in [-0.2, 0) is 14.0 Å². The van der Waals surface area contributed by atoms with Crippen LogP contribution in [0.4, 0.5) is 10.5 Å². The van der Waals surface area contributed by atoms with E-state index in [2.05, 4.69) is 5.32 Å². The van der Waals surface area contributed by atoms with Gasteiger partial charge in [-0.05, 0) is 71.5 Å². The lowest BCUT2D eigenvalue weighted by Gasteiger charge is -2.37. The Morgan fingerprint density at radius 3 is 2.23 bits per heavy atom. The zero-order chi connectivity index (χ0) is 19.2. The fourth-order valence-corrected chi connectivity index (χ4v) is 3.07. The Kier molecular flexibility index (Phi) is 4.73. The van der Waals surface area contributed by atoms with Crippen LogP contribution in [0.2, 0.25) is 0 Å². The molecule has 1 aromatic carbocycles. The highest BCUT2D eigenvalue weighted by molar-refractivity contribution is 6.62. The summed E-state index contributed by atoms with van der Waals surface area (Å²) in [6, 6.07) is 5.47. The third-order valence-corrected chi connectivity index (χ3v) is 5.74. The number of carbonyl (C=O) groups excluding carboxylic acids is 1. The van der Waals surface area contributed by atoms with Crippen LogP contribution in [0, 0.1) is 0 Å². The second kappa shape index (κ2) is 6.46. The van der Waals surface area contributed by atoms with E-state index in [0.29, 0.717) is 11.4 Å². The van der Waals surface area contributed by atoms with E-state index in [-0.39, 0.29) is 5.60 Å². The van der Waals surface area contributed by atoms with Gasteiger partial charge in [0.2, 0.25) is 0 Å². The van der Waals surface area contributed by atoms with Crippen LogP contribution in [0.3, 0.4) is 0 Å². The maximum Gasteiger partial charge on any atom is 0.494 e. The summed E-state index contributed by atoms with van der Waals surface area (Å²) < 4.78 is 23.1. The zero-order valence-corrected chi connectivity index (χ0v) is 16.5. The standard InChI is InChI=1S/C19H28BNO5/c1-17(2)18(3,4)26-20(25-17)13-8-9-14(15(12-13)23-6)21-16(22)24-19(5)10-7-11-19/h8-9,12H,7,10-11H2,1-6H3,(H,21,22). The second-order valence-corrected chi connectivity index (χ2v) is 8.37. The largest absolute Gasteiger partial charge is 0.495 e. The molecule has 1 aliphatic heterocycles. The number of methoxy groups -OCH3 is 1. The van der Waals surface area contributed by atoms with E-state index in [1.807, 2.05) is 46.8 Å². The highest BCUT2D eigenvalue weighted by atomic mass is 16.7. The predicted octanol–water partition coefficient (Wildman–Crippen LogP) is 3.49. The molecule has 1 heterocycles. The van der Waals surface area contributed by atoms with E-state index >= 15 is 0 Å². The van der Waals surface area contributed by atoms with Gasteiger partial charge in [-0.25, -0.2) is 4.79 Å². The molecule has 7 heteroatoms. The number of benzene rings is 1. The van der Waals surface area contributed by atoms with Crippen molar-refractivity contribution in [3.8, 4) is 5.75 Å². The van der Waals surface area contributed by atoms with Gasteiger partial charge in [0.05, 0.1) is 24.0 Å². The summed E-state index contributed by atoms with van der Waals surface area (Å²) >= 11 is 0. The van der Waals surface area contributed by atoms with E-state index in [9.17, 15) is 4.79 Å². The van der Waals surface area contributed by atoms with Gasteiger partial charge >= 0.3 is 13.2 Å². The molecular weight excluding hydrogens is 333 g/mol. The molecule has 0 radical (unpaired) electrons. The average Bonchev–Trinajstić information content (AvgIpc) is 2.74. The van der Waals surface area contributed by atoms with E-state index < -0.39 is 24.4 Å². The number of hydrogen-bond donors (Lipinski definition) is 1. The fraction of sp³-hybridized carbons (Fsp3) is 0.632. The monoisotopic (exact) mass is 361 g/mol. The van der Waals surface area contributed by atoms with Gasteiger partial charge < -0.3 is 18.8 Å². The first-order valence-corrected chi connectivity index (χ1v) is 9.09. The van der Waals surface area contributed by atoms with E-state index in [4.69, 9.17) is 18.8 Å². The maximum atomic E-state index is 12.2. The third kappa shape index (κ3) is 3.55. The molecule has 0 unspecified atom stereocenters. The molecule has 2 fully saturated rings. The molecule has 1 aliphatic carbocycles. The SMILES string of the molecule is COc1cc(B2OC(C)(C)C(C)(C)O2)ccc1NC(=O)OC1(C)CCC1. The summed E-state index contributed by atoms with van der Waals surface area (Å²) in [6.07, 6.45) is 2.43. The van der Waals surface area contributed by atoms with Gasteiger partial charge in [-0.1, -0.05) is 6.07 Å². The van der Waals surface area contributed by atoms with Crippen LogP contribution in [0.1, 0.15) is 53.9 Å². The maximum absolute atomic E-state index is 12.2. The van der Waals surface area contributed by atoms with Crippen LogP contribution in [-0.4, -0.2) is 37.1 Å². The van der Waals surface area contributed by atoms with Crippen molar-refractivity contribution in [1.82, 2.24) is 0 Å². The number of amides is 1. The minimum absolute atomic E-state index is 0.347. The van der Waals surface area contributed by atoms with Gasteiger partial charge in [0.15, 0.2) is 0 Å². The molecular formula is C19H28BNO5. The second-order valence-electron chi connectivity index (χ2n) is 8.37. The highest BCUT2D eigenvalue weighted by Crippen LogP contribution is 2.37. The third-order valence-electron chi connectivity index (χ3n) is 5.74. The van der Waals surface area contributed by atoms with Gasteiger partial charge in [-0.3, -0.25) is 5.32 Å². The lowest BCUT2D eigenvalue weighted by atomic mass is 9.79. The number of ether oxygens (including phenoxy) is 2. The molecule has 6 nitrogen and oxygen atoms in total. The van der Waals surface area contributed by atoms with Crippen LogP contribution < -0.4 is 15.5 Å². The minimum atomic E-state index is -0.483. The Balaban J connectivity index is 1.73. The first-order valence-electron chi connectivity index (χ1n) is 9.09. The van der Waals surface area contributed by atoms with Crippen LogP contribution in [0.15, 0.2) is 18.2 Å². The quantitative estimate of drug-likeness (QED) is 0.832. The average molecular weight is 361 g/mol. The summed E-state index contributed by atoms with van der Waals surface area (Å²) in [6.45, 7) is 10.00. The van der Waals surface area contributed by atoms with Crippen molar-refractivity contribution in [2.75, 3.05) is 12.4 Å². The molecule has 1 saturated heterocycles. The molecule has 2 aliphatic rings. The number of carbonyl (C=O) groups is 1. The Hall–Kier alpha value is -1.73. The Morgan fingerprint density at radius 1 is 1.12 bits per heavy atom. The summed E-state index contributed by atoms with van der Waals surface area (Å²) in [5, 5.41) is 2.77. The van der Waals surface area contributed by atoms with E-state index in [1.165, 1.54) is 0 Å². The number of rotatable bonds is 4. The van der Waals surface area contributed by atoms with Crippen LogP contribution >= 0.6 is 0 Å². The lowest BCUT2D eigenvalue weighted by molar-refractivity contribution is -0.0256. The van der Waals surface area contributed by atoms with Crippen molar-refractivity contribution >= 4 is 24.4 Å². The molecule has 3 rings (SSSR count). The number of hydrogen-bond acceptors (Lipinski definition) is 5. The van der Waals surface area contributed by atoms with Gasteiger partial charge in [-0.15, -0.1) is 0 Å². The van der Waals surface area contributed by atoms with E-state index in [0.717, 1.165) is 24.7 Å². The topological polar surface area (TPSA) is 66.0 Å². The van der Waals surface area contributed by atoms with E-state index in [1.54, 1.807) is 13.2 Å². The first-order chi connectivity index (χ1) is 12.1. The fourth-order valence-electron chi connectivity index (χ4n) is 3.07. The van der Waals surface area contributed by atoms with Crippen molar-refractivity contribution in [2.45, 2.75) is 70.7 Å². The Morgan fingerprint density at radius 2 is 1.73 bits per heavy atom.